The number of nitrogens with two attached hydrogens (primary N) is 1. The van der Waals surface area contributed by atoms with Crippen LogP contribution in [0, 0.1) is 5.41 Å². The normalized spacial score (nSPS) is 18.1. The molecule has 0 spiro atoms. The number of Topliss-reactive ketones (excluding diaryl/α,β-unsaturated/α-hetero) is 1. The number of hydrogen-bond donors (Lipinski definition) is 3. The van der Waals surface area contributed by atoms with Gasteiger partial charge in [0.05, 0.1) is 4.90 Å². The van der Waals surface area contributed by atoms with E-state index in [1.54, 1.807) is 12.1 Å². The van der Waals surface area contributed by atoms with E-state index in [2.05, 4.69) is 15.3 Å². The lowest BCUT2D eigenvalue weighted by molar-refractivity contribution is -0.118. The number of benzene rings is 3. The van der Waals surface area contributed by atoms with Crippen molar-refractivity contribution in [3.05, 3.63) is 118 Å². The number of sulfonamides is 1. The fourth-order valence-corrected chi connectivity index (χ4v) is 6.34. The monoisotopic (exact) mass is 567 g/mol. The summed E-state index contributed by atoms with van der Waals surface area (Å²) in [5, 5.41) is 8.70. The number of nitrogens with one attached hydrogen (secondary N) is 2. The van der Waals surface area contributed by atoms with Crippen molar-refractivity contribution < 1.29 is 13.2 Å². The maximum Gasteiger partial charge on any atom is 0.348 e. The summed E-state index contributed by atoms with van der Waals surface area (Å²) in [5.41, 5.74) is 3.30. The maximum atomic E-state index is 14.0. The first-order chi connectivity index (χ1) is 19.5. The van der Waals surface area contributed by atoms with Crippen LogP contribution in [0.5, 0.6) is 0 Å². The molecule has 1 aliphatic carbocycles. The van der Waals surface area contributed by atoms with Gasteiger partial charge in [0.15, 0.2) is 11.6 Å². The highest BCUT2D eigenvalue weighted by molar-refractivity contribution is 7.89. The standard InChI is InChI=1S/C31H29N5O4S/c1-31(2)17-23-26(24(37)18-31)25(19-9-5-3-6-10-19)27-28(33-20-11-7-4-8-12-20)34-30(38)35-29(27)36(23)21-13-15-22(16-14-21)41(32,39)40/h3-16,25H,17-18H2,1-2H3,(H2,32,39,40)(H2,33,34,35,38). The van der Waals surface area contributed by atoms with Gasteiger partial charge in [-0.15, -0.1) is 0 Å². The molecule has 4 N–H and O–H groups in total. The van der Waals surface area contributed by atoms with Crippen LogP contribution >= 0.6 is 0 Å². The molecule has 1 unspecified atom stereocenters. The molecule has 4 aromatic rings. The number of aromatic amines is 1. The first-order valence-corrected chi connectivity index (χ1v) is 14.8. The molecule has 0 saturated carbocycles. The van der Waals surface area contributed by atoms with Crippen LogP contribution in [0.15, 0.2) is 106 Å². The van der Waals surface area contributed by atoms with Crippen LogP contribution in [0.4, 0.5) is 23.0 Å². The Morgan fingerprint density at radius 3 is 2.20 bits per heavy atom. The highest BCUT2D eigenvalue weighted by Crippen LogP contribution is 2.54. The van der Waals surface area contributed by atoms with Crippen LogP contribution in [0.2, 0.25) is 0 Å². The number of para-hydroxylation sites is 1. The molecule has 1 atom stereocenters. The molecule has 208 valence electrons. The van der Waals surface area contributed by atoms with E-state index in [0.717, 1.165) is 16.9 Å². The summed E-state index contributed by atoms with van der Waals surface area (Å²) < 4.78 is 24.0. The van der Waals surface area contributed by atoms with Gasteiger partial charge in [-0.1, -0.05) is 62.4 Å². The number of hydrogen-bond acceptors (Lipinski definition) is 7. The van der Waals surface area contributed by atoms with E-state index in [1.807, 2.05) is 79.4 Å². The van der Waals surface area contributed by atoms with Crippen molar-refractivity contribution in [2.45, 2.75) is 37.5 Å². The van der Waals surface area contributed by atoms with Crippen molar-refractivity contribution in [2.75, 3.05) is 10.2 Å². The highest BCUT2D eigenvalue weighted by atomic mass is 32.2. The van der Waals surface area contributed by atoms with Gasteiger partial charge in [-0.3, -0.25) is 14.7 Å². The third-order valence-corrected chi connectivity index (χ3v) is 8.43. The van der Waals surface area contributed by atoms with Crippen LogP contribution in [0.3, 0.4) is 0 Å². The minimum absolute atomic E-state index is 0.0128. The molecular weight excluding hydrogens is 538 g/mol. The molecule has 41 heavy (non-hydrogen) atoms. The Hall–Kier alpha value is -4.54. The van der Waals surface area contributed by atoms with E-state index >= 15 is 0 Å². The molecule has 3 aromatic carbocycles. The predicted molar refractivity (Wildman–Crippen MR) is 158 cm³/mol. The van der Waals surface area contributed by atoms with Crippen LogP contribution in [-0.4, -0.2) is 24.2 Å². The SMILES string of the molecule is CC1(C)CC(=O)C2=C(C1)N(c1ccc(S(N)(=O)=O)cc1)c1nc(=O)[nH]c(Nc3ccccc3)c1C2c1ccccc1. The number of rotatable bonds is 5. The molecule has 0 amide bonds. The zero-order valence-electron chi connectivity index (χ0n) is 22.6. The molecule has 10 heteroatoms. The van der Waals surface area contributed by atoms with Crippen molar-refractivity contribution in [2.24, 2.45) is 10.6 Å². The van der Waals surface area contributed by atoms with Gasteiger partial charge in [-0.05, 0) is 53.8 Å². The molecular formula is C31H29N5O4S. The van der Waals surface area contributed by atoms with E-state index in [0.29, 0.717) is 41.3 Å². The van der Waals surface area contributed by atoms with Crippen molar-refractivity contribution in [3.63, 3.8) is 0 Å². The second kappa shape index (κ2) is 9.83. The van der Waals surface area contributed by atoms with E-state index in [9.17, 15) is 18.0 Å². The zero-order valence-corrected chi connectivity index (χ0v) is 23.4. The second-order valence-corrected chi connectivity index (χ2v) is 12.7. The predicted octanol–water partition coefficient (Wildman–Crippen LogP) is 5.09. The van der Waals surface area contributed by atoms with Crippen LogP contribution < -0.4 is 21.0 Å². The number of anilines is 4. The second-order valence-electron chi connectivity index (χ2n) is 11.2. The lowest BCUT2D eigenvalue weighted by atomic mass is 9.68. The number of H-pyrrole nitrogens is 1. The van der Waals surface area contributed by atoms with Gasteiger partial charge >= 0.3 is 5.69 Å². The van der Waals surface area contributed by atoms with Crippen molar-refractivity contribution in [1.29, 1.82) is 0 Å². The van der Waals surface area contributed by atoms with Crippen molar-refractivity contribution in [1.82, 2.24) is 9.97 Å². The smallest absolute Gasteiger partial charge is 0.341 e. The fraction of sp³-hybridized carbons (Fsp3) is 0.194. The third-order valence-electron chi connectivity index (χ3n) is 7.50. The fourth-order valence-electron chi connectivity index (χ4n) is 5.82. The Balaban J connectivity index is 1.67. The molecule has 9 nitrogen and oxygen atoms in total. The zero-order chi connectivity index (χ0) is 28.9. The molecule has 2 aliphatic rings. The van der Waals surface area contributed by atoms with Gasteiger partial charge in [-0.2, -0.15) is 4.98 Å². The number of nitrogens with zero attached hydrogens (tertiary/aromatic N) is 2. The average molecular weight is 568 g/mol. The van der Waals surface area contributed by atoms with Gasteiger partial charge in [0, 0.05) is 40.5 Å². The Morgan fingerprint density at radius 2 is 1.56 bits per heavy atom. The van der Waals surface area contributed by atoms with Gasteiger partial charge in [0.2, 0.25) is 10.0 Å². The van der Waals surface area contributed by atoms with Gasteiger partial charge in [0.1, 0.15) is 5.82 Å². The van der Waals surface area contributed by atoms with Crippen LogP contribution in [0.1, 0.15) is 43.7 Å². The van der Waals surface area contributed by atoms with E-state index < -0.39 is 21.6 Å². The summed E-state index contributed by atoms with van der Waals surface area (Å²) in [5.74, 6) is 0.308. The molecule has 0 fully saturated rings. The Kier molecular flexibility index (Phi) is 6.39. The van der Waals surface area contributed by atoms with Gasteiger partial charge in [-0.25, -0.2) is 18.4 Å². The minimum atomic E-state index is -3.92. The molecule has 6 rings (SSSR count). The first kappa shape index (κ1) is 26.7. The van der Waals surface area contributed by atoms with E-state index in [4.69, 9.17) is 5.14 Å². The molecule has 0 radical (unpaired) electrons. The van der Waals surface area contributed by atoms with Gasteiger partial charge in [0.25, 0.3) is 0 Å². The van der Waals surface area contributed by atoms with Crippen molar-refractivity contribution >= 4 is 38.8 Å². The van der Waals surface area contributed by atoms with Crippen LogP contribution in [-0.2, 0) is 14.8 Å². The summed E-state index contributed by atoms with van der Waals surface area (Å²) in [6.45, 7) is 4.08. The Morgan fingerprint density at radius 1 is 0.927 bits per heavy atom. The number of primary sulfonamides is 1. The summed E-state index contributed by atoms with van der Waals surface area (Å²) in [7, 11) is -3.92. The number of carbonyl (C=O) groups excluding carboxylic acids is 1. The number of carbonyl (C=O) groups is 1. The molecule has 1 aromatic heterocycles. The summed E-state index contributed by atoms with van der Waals surface area (Å²) in [4.78, 5) is 36.3. The quantitative estimate of drug-likeness (QED) is 0.305. The topological polar surface area (TPSA) is 138 Å². The van der Waals surface area contributed by atoms with Gasteiger partial charge < -0.3 is 5.32 Å². The first-order valence-electron chi connectivity index (χ1n) is 13.2. The number of allylic oxidation sites excluding steroid dienone is 2. The summed E-state index contributed by atoms with van der Waals surface area (Å²) >= 11 is 0. The third kappa shape index (κ3) is 4.96. The molecule has 1 aliphatic heterocycles. The number of ketones is 1. The number of fused-ring (bicyclic) bond motifs is 1. The number of aromatic nitrogens is 2. The molecule has 2 heterocycles. The summed E-state index contributed by atoms with van der Waals surface area (Å²) in [6.07, 6.45) is 0.907. The molecule has 0 saturated heterocycles. The highest BCUT2D eigenvalue weighted by Gasteiger charge is 2.45. The lowest BCUT2D eigenvalue weighted by Crippen LogP contribution is -2.39. The van der Waals surface area contributed by atoms with Crippen molar-refractivity contribution in [3.8, 4) is 0 Å². The Labute approximate surface area is 237 Å². The maximum absolute atomic E-state index is 14.0. The minimum Gasteiger partial charge on any atom is -0.341 e. The van der Waals surface area contributed by atoms with E-state index in [-0.39, 0.29) is 16.1 Å². The average Bonchev–Trinajstić information content (AvgIpc) is 2.92. The van der Waals surface area contributed by atoms with Crippen LogP contribution in [0.25, 0.3) is 0 Å². The Bertz CT molecular complexity index is 1850. The van der Waals surface area contributed by atoms with E-state index in [1.165, 1.54) is 12.1 Å². The largest absolute Gasteiger partial charge is 0.348 e. The molecule has 0 bridgehead atoms. The lowest BCUT2D eigenvalue weighted by Gasteiger charge is -2.44. The summed E-state index contributed by atoms with van der Waals surface area (Å²) in [6, 6.07) is 25.2.